The number of ketones is 1. The van der Waals surface area contributed by atoms with Crippen LogP contribution in [-0.4, -0.2) is 30.3 Å². The smallest absolute Gasteiger partial charge is 0.162 e. The first kappa shape index (κ1) is 25.4. The van der Waals surface area contributed by atoms with Crippen LogP contribution in [0.25, 0.3) is 0 Å². The van der Waals surface area contributed by atoms with Gasteiger partial charge in [-0.3, -0.25) is 4.79 Å². The molecule has 1 spiro atoms. The first-order valence-corrected chi connectivity index (χ1v) is 13.3. The summed E-state index contributed by atoms with van der Waals surface area (Å²) >= 11 is 2.15. The third kappa shape index (κ3) is 5.44. The Balaban J connectivity index is 0.00000141. The molecule has 0 aromatic heterocycles. The van der Waals surface area contributed by atoms with Gasteiger partial charge in [0.15, 0.2) is 5.78 Å². The molecule has 2 aliphatic heterocycles. The second-order valence-electron chi connectivity index (χ2n) is 9.31. The summed E-state index contributed by atoms with van der Waals surface area (Å²) < 4.78 is 13.3. The molecular formula is C31H34FNOS. The highest BCUT2D eigenvalue weighted by Crippen LogP contribution is 2.61. The second-order valence-corrected chi connectivity index (χ2v) is 10.8. The Kier molecular flexibility index (Phi) is 8.25. The standard InChI is InChI=1S/C29H30FNOS.C2H4/c1-21-7-2-3-8-24(21)28-25-9-4-5-10-26(25)29(33-28)16-19-31(20-17-29)18-6-11-27(32)22-12-14-23(30)15-13-22;1-2/h2-5,7-10,12-15,28H,6,11,16-20H2,1H3;1-2H2. The number of nitrogens with zero attached hydrogens (tertiary/aromatic N) is 1. The van der Waals surface area contributed by atoms with Crippen molar-refractivity contribution in [3.05, 3.63) is 120 Å². The van der Waals surface area contributed by atoms with Crippen LogP contribution in [-0.2, 0) is 4.75 Å². The molecule has 182 valence electrons. The first-order valence-electron chi connectivity index (χ1n) is 12.4. The summed E-state index contributed by atoms with van der Waals surface area (Å²) in [6.07, 6.45) is 3.64. The molecule has 2 aliphatic rings. The van der Waals surface area contributed by atoms with Gasteiger partial charge in [0.25, 0.3) is 0 Å². The van der Waals surface area contributed by atoms with Crippen LogP contribution in [0.4, 0.5) is 4.39 Å². The van der Waals surface area contributed by atoms with E-state index in [0.717, 1.165) is 38.9 Å². The minimum atomic E-state index is -0.301. The zero-order valence-corrected chi connectivity index (χ0v) is 21.3. The van der Waals surface area contributed by atoms with Crippen molar-refractivity contribution >= 4 is 17.5 Å². The number of likely N-dealkylation sites (tertiary alicyclic amines) is 1. The molecule has 0 N–H and O–H groups in total. The summed E-state index contributed by atoms with van der Waals surface area (Å²) in [5, 5.41) is 0.405. The third-order valence-electron chi connectivity index (χ3n) is 7.26. The van der Waals surface area contributed by atoms with Crippen molar-refractivity contribution in [3.8, 4) is 0 Å². The van der Waals surface area contributed by atoms with Gasteiger partial charge in [-0.25, -0.2) is 4.39 Å². The van der Waals surface area contributed by atoms with E-state index in [4.69, 9.17) is 0 Å². The fourth-order valence-electron chi connectivity index (χ4n) is 5.37. The Hall–Kier alpha value is -2.69. The van der Waals surface area contributed by atoms with Crippen molar-refractivity contribution in [1.82, 2.24) is 4.90 Å². The predicted molar refractivity (Wildman–Crippen MR) is 146 cm³/mol. The number of thioether (sulfide) groups is 1. The van der Waals surface area contributed by atoms with Gasteiger partial charge in [-0.15, -0.1) is 24.9 Å². The molecule has 1 fully saturated rings. The van der Waals surface area contributed by atoms with Crippen molar-refractivity contribution in [2.75, 3.05) is 19.6 Å². The first-order chi connectivity index (χ1) is 17.1. The van der Waals surface area contributed by atoms with E-state index in [0.29, 0.717) is 17.2 Å². The van der Waals surface area contributed by atoms with Gasteiger partial charge in [-0.2, -0.15) is 0 Å². The number of Topliss-reactive ketones (excluding diaryl/α,β-unsaturated/α-hetero) is 1. The zero-order chi connectivity index (χ0) is 24.8. The van der Waals surface area contributed by atoms with Crippen LogP contribution in [0, 0.1) is 12.7 Å². The molecular weight excluding hydrogens is 453 g/mol. The highest BCUT2D eigenvalue weighted by atomic mass is 32.2. The maximum atomic E-state index is 13.1. The van der Waals surface area contributed by atoms with E-state index in [1.165, 1.54) is 34.4 Å². The van der Waals surface area contributed by atoms with Gasteiger partial charge in [-0.1, -0.05) is 48.5 Å². The number of rotatable bonds is 6. The highest BCUT2D eigenvalue weighted by molar-refractivity contribution is 8.01. The average molecular weight is 488 g/mol. The lowest BCUT2D eigenvalue weighted by molar-refractivity contribution is 0.0971. The van der Waals surface area contributed by atoms with Crippen LogP contribution < -0.4 is 0 Å². The van der Waals surface area contributed by atoms with Gasteiger partial charge in [0.05, 0.1) is 5.25 Å². The van der Waals surface area contributed by atoms with Gasteiger partial charge in [0.2, 0.25) is 0 Å². The lowest BCUT2D eigenvalue weighted by atomic mass is 9.84. The van der Waals surface area contributed by atoms with E-state index >= 15 is 0 Å². The molecule has 4 heteroatoms. The van der Waals surface area contributed by atoms with Gasteiger partial charge in [0, 0.05) is 16.7 Å². The molecule has 0 amide bonds. The van der Waals surface area contributed by atoms with Crippen LogP contribution in [0.3, 0.4) is 0 Å². The predicted octanol–water partition coefficient (Wildman–Crippen LogP) is 7.73. The largest absolute Gasteiger partial charge is 0.303 e. The molecule has 2 heterocycles. The maximum absolute atomic E-state index is 13.1. The van der Waals surface area contributed by atoms with E-state index in [2.05, 4.69) is 85.3 Å². The Morgan fingerprint density at radius 2 is 1.60 bits per heavy atom. The number of piperidine rings is 1. The molecule has 0 bridgehead atoms. The lowest BCUT2D eigenvalue weighted by Crippen LogP contribution is -2.40. The second kappa shape index (κ2) is 11.4. The number of hydrogen-bond donors (Lipinski definition) is 0. The quantitative estimate of drug-likeness (QED) is 0.262. The molecule has 0 aliphatic carbocycles. The molecule has 1 saturated heterocycles. The summed E-state index contributed by atoms with van der Waals surface area (Å²) in [5.41, 5.74) is 6.42. The van der Waals surface area contributed by atoms with Crippen LogP contribution in [0.1, 0.15) is 63.5 Å². The fourth-order valence-corrected chi connectivity index (χ4v) is 7.28. The van der Waals surface area contributed by atoms with E-state index in [-0.39, 0.29) is 16.3 Å². The van der Waals surface area contributed by atoms with E-state index in [9.17, 15) is 9.18 Å². The van der Waals surface area contributed by atoms with E-state index in [1.54, 1.807) is 12.1 Å². The monoisotopic (exact) mass is 487 g/mol. The summed E-state index contributed by atoms with van der Waals surface area (Å²) in [6, 6.07) is 23.7. The number of carbonyl (C=O) groups excluding carboxylic acids is 1. The van der Waals surface area contributed by atoms with Crippen molar-refractivity contribution in [2.45, 2.75) is 42.6 Å². The molecule has 5 rings (SSSR count). The van der Waals surface area contributed by atoms with Crippen molar-refractivity contribution in [2.24, 2.45) is 0 Å². The van der Waals surface area contributed by atoms with Crippen LogP contribution >= 0.6 is 11.8 Å². The van der Waals surface area contributed by atoms with Gasteiger partial charge >= 0.3 is 0 Å². The molecule has 0 saturated carbocycles. The molecule has 3 aromatic carbocycles. The molecule has 2 nitrogen and oxygen atoms in total. The van der Waals surface area contributed by atoms with Crippen molar-refractivity contribution < 1.29 is 9.18 Å². The third-order valence-corrected chi connectivity index (χ3v) is 9.08. The fraction of sp³-hybridized carbons (Fsp3) is 0.323. The minimum Gasteiger partial charge on any atom is -0.303 e. The Morgan fingerprint density at radius 3 is 2.29 bits per heavy atom. The number of halogens is 1. The normalized spacial score (nSPS) is 18.5. The number of carbonyl (C=O) groups is 1. The Labute approximate surface area is 213 Å². The highest BCUT2D eigenvalue weighted by Gasteiger charge is 2.46. The Bertz CT molecular complexity index is 1150. The number of hydrogen-bond acceptors (Lipinski definition) is 3. The van der Waals surface area contributed by atoms with Crippen LogP contribution in [0.2, 0.25) is 0 Å². The van der Waals surface area contributed by atoms with Gasteiger partial charge in [-0.05, 0) is 92.3 Å². The summed E-state index contributed by atoms with van der Waals surface area (Å²) in [4.78, 5) is 14.9. The summed E-state index contributed by atoms with van der Waals surface area (Å²) in [7, 11) is 0. The van der Waals surface area contributed by atoms with Gasteiger partial charge in [0.1, 0.15) is 5.82 Å². The summed E-state index contributed by atoms with van der Waals surface area (Å²) in [5.74, 6) is -0.199. The Morgan fingerprint density at radius 1 is 0.971 bits per heavy atom. The van der Waals surface area contributed by atoms with Crippen LogP contribution in [0.15, 0.2) is 86.0 Å². The van der Waals surface area contributed by atoms with Crippen molar-refractivity contribution in [3.63, 3.8) is 0 Å². The molecule has 1 atom stereocenters. The van der Waals surface area contributed by atoms with Crippen LogP contribution in [0.5, 0.6) is 0 Å². The van der Waals surface area contributed by atoms with Crippen molar-refractivity contribution in [1.29, 1.82) is 0 Å². The molecule has 35 heavy (non-hydrogen) atoms. The number of fused-ring (bicyclic) bond motifs is 2. The minimum absolute atomic E-state index is 0.102. The number of benzene rings is 3. The maximum Gasteiger partial charge on any atom is 0.162 e. The number of aryl methyl sites for hydroxylation is 1. The van der Waals surface area contributed by atoms with E-state index in [1.807, 2.05) is 0 Å². The SMILES string of the molecule is C=C.Cc1ccccc1C1SC2(CCN(CCCC(=O)c3ccc(F)cc3)CC2)c2ccccc21. The molecule has 1 unspecified atom stereocenters. The zero-order valence-electron chi connectivity index (χ0n) is 20.5. The lowest BCUT2D eigenvalue weighted by Gasteiger charge is -2.40. The average Bonchev–Trinajstić information content (AvgIpc) is 3.21. The van der Waals surface area contributed by atoms with E-state index < -0.39 is 0 Å². The van der Waals surface area contributed by atoms with Gasteiger partial charge < -0.3 is 4.90 Å². The topological polar surface area (TPSA) is 20.3 Å². The summed E-state index contributed by atoms with van der Waals surface area (Å²) in [6.45, 7) is 11.3. The molecule has 3 aromatic rings. The molecule has 0 radical (unpaired) electrons.